The summed E-state index contributed by atoms with van der Waals surface area (Å²) in [7, 11) is 0. The summed E-state index contributed by atoms with van der Waals surface area (Å²) in [6.07, 6.45) is 8.79. The lowest BCUT2D eigenvalue weighted by Crippen LogP contribution is -2.42. The van der Waals surface area contributed by atoms with Gasteiger partial charge in [0.15, 0.2) is 0 Å². The summed E-state index contributed by atoms with van der Waals surface area (Å²) in [4.78, 5) is 20.3. The van der Waals surface area contributed by atoms with Crippen LogP contribution in [0.1, 0.15) is 24.2 Å². The fraction of sp³-hybridized carbons (Fsp3) is 0.400. The topological polar surface area (TPSA) is 82.9 Å². The molecule has 2 aromatic heterocycles. The first-order valence-corrected chi connectivity index (χ1v) is 9.21. The Balaban J connectivity index is 1.40. The molecule has 0 spiro atoms. The predicted octanol–water partition coefficient (Wildman–Crippen LogP) is 2.04. The standard InChI is InChI=1S/C20H24N4O2/c25-13-16(11-15-12-22-18-4-2-1-3-17(15)18)23-20(26)14-5-6-19-21-8-10-24(19)9-7-14/h1-4,8,10,12,14,16,22,25H,5-7,9,11,13H2,(H,23,26). The van der Waals surface area contributed by atoms with Crippen LogP contribution in [0.2, 0.25) is 0 Å². The minimum Gasteiger partial charge on any atom is -0.394 e. The number of carbonyl (C=O) groups excluding carboxylic acids is 1. The SMILES string of the molecule is O=C(NC(CO)Cc1c[nH]c2ccccc12)C1CCc2nccn2CC1. The third-order valence-corrected chi connectivity index (χ3v) is 5.32. The number of rotatable bonds is 5. The molecule has 0 radical (unpaired) electrons. The molecule has 4 rings (SSSR count). The normalized spacial score (nSPS) is 18.3. The number of H-pyrrole nitrogens is 1. The van der Waals surface area contributed by atoms with Gasteiger partial charge in [0.2, 0.25) is 5.91 Å². The van der Waals surface area contributed by atoms with E-state index in [1.807, 2.05) is 36.8 Å². The minimum atomic E-state index is -0.276. The number of aromatic amines is 1. The van der Waals surface area contributed by atoms with E-state index in [-0.39, 0.29) is 24.5 Å². The number of amides is 1. The summed E-state index contributed by atoms with van der Waals surface area (Å²) in [6, 6.07) is 7.80. The van der Waals surface area contributed by atoms with Crippen molar-refractivity contribution in [1.29, 1.82) is 0 Å². The van der Waals surface area contributed by atoms with Crippen LogP contribution in [0, 0.1) is 5.92 Å². The highest BCUT2D eigenvalue weighted by molar-refractivity contribution is 5.83. The Hall–Kier alpha value is -2.60. The van der Waals surface area contributed by atoms with Gasteiger partial charge in [0.05, 0.1) is 12.6 Å². The first kappa shape index (κ1) is 16.8. The molecular weight excluding hydrogens is 328 g/mol. The zero-order chi connectivity index (χ0) is 17.9. The molecule has 6 nitrogen and oxygen atoms in total. The van der Waals surface area contributed by atoms with Gasteiger partial charge in [-0.25, -0.2) is 4.98 Å². The Kier molecular flexibility index (Phi) is 4.75. The lowest BCUT2D eigenvalue weighted by molar-refractivity contribution is -0.126. The molecule has 2 atom stereocenters. The van der Waals surface area contributed by atoms with E-state index in [4.69, 9.17) is 0 Å². The molecule has 1 aromatic carbocycles. The zero-order valence-electron chi connectivity index (χ0n) is 14.7. The number of nitrogens with zero attached hydrogens (tertiary/aromatic N) is 2. The van der Waals surface area contributed by atoms with E-state index in [2.05, 4.69) is 25.9 Å². The van der Waals surface area contributed by atoms with Crippen LogP contribution >= 0.6 is 0 Å². The Bertz CT molecular complexity index is 875. The number of hydrogen-bond acceptors (Lipinski definition) is 3. The summed E-state index contributed by atoms with van der Waals surface area (Å²) >= 11 is 0. The highest BCUT2D eigenvalue weighted by Gasteiger charge is 2.25. The van der Waals surface area contributed by atoms with Gasteiger partial charge in [-0.3, -0.25) is 4.79 Å². The van der Waals surface area contributed by atoms with Crippen LogP contribution in [0.4, 0.5) is 0 Å². The number of hydrogen-bond donors (Lipinski definition) is 3. The monoisotopic (exact) mass is 352 g/mol. The number of aryl methyl sites for hydroxylation is 2. The second-order valence-electron chi connectivity index (χ2n) is 7.01. The van der Waals surface area contributed by atoms with E-state index in [9.17, 15) is 9.90 Å². The van der Waals surface area contributed by atoms with Crippen molar-refractivity contribution < 1.29 is 9.90 Å². The fourth-order valence-electron chi connectivity index (χ4n) is 3.82. The van der Waals surface area contributed by atoms with E-state index in [1.165, 1.54) is 0 Å². The van der Waals surface area contributed by atoms with Crippen LogP contribution in [-0.4, -0.2) is 38.2 Å². The first-order chi connectivity index (χ1) is 12.7. The average molecular weight is 352 g/mol. The Labute approximate surface area is 152 Å². The number of carbonyl (C=O) groups is 1. The van der Waals surface area contributed by atoms with Gasteiger partial charge in [0.1, 0.15) is 5.82 Å². The Morgan fingerprint density at radius 3 is 3.15 bits per heavy atom. The quantitative estimate of drug-likeness (QED) is 0.657. The molecule has 0 saturated carbocycles. The van der Waals surface area contributed by atoms with E-state index in [0.717, 1.165) is 48.1 Å². The van der Waals surface area contributed by atoms with E-state index in [1.54, 1.807) is 0 Å². The van der Waals surface area contributed by atoms with Gasteiger partial charge in [-0.1, -0.05) is 18.2 Å². The molecule has 1 amide bonds. The third-order valence-electron chi connectivity index (χ3n) is 5.32. The molecule has 3 heterocycles. The summed E-state index contributed by atoms with van der Waals surface area (Å²) in [5.74, 6) is 1.06. The van der Waals surface area contributed by atoms with E-state index >= 15 is 0 Å². The number of aliphatic hydroxyl groups excluding tert-OH is 1. The Morgan fingerprint density at radius 1 is 1.38 bits per heavy atom. The van der Waals surface area contributed by atoms with Crippen LogP contribution in [0.15, 0.2) is 42.9 Å². The molecule has 6 heteroatoms. The lowest BCUT2D eigenvalue weighted by atomic mass is 9.98. The summed E-state index contributed by atoms with van der Waals surface area (Å²) < 4.78 is 2.13. The number of aliphatic hydroxyl groups is 1. The van der Waals surface area contributed by atoms with Crippen molar-refractivity contribution in [2.75, 3.05) is 6.61 Å². The van der Waals surface area contributed by atoms with Gasteiger partial charge >= 0.3 is 0 Å². The fourth-order valence-corrected chi connectivity index (χ4v) is 3.82. The van der Waals surface area contributed by atoms with Gasteiger partial charge in [-0.15, -0.1) is 0 Å². The predicted molar refractivity (Wildman–Crippen MR) is 99.7 cm³/mol. The maximum Gasteiger partial charge on any atom is 0.223 e. The molecular formula is C20H24N4O2. The van der Waals surface area contributed by atoms with Gasteiger partial charge in [0.25, 0.3) is 0 Å². The van der Waals surface area contributed by atoms with Crippen molar-refractivity contribution in [3.8, 4) is 0 Å². The highest BCUT2D eigenvalue weighted by Crippen LogP contribution is 2.21. The van der Waals surface area contributed by atoms with Crippen LogP contribution in [0.25, 0.3) is 10.9 Å². The van der Waals surface area contributed by atoms with E-state index in [0.29, 0.717) is 6.42 Å². The van der Waals surface area contributed by atoms with Crippen LogP contribution in [0.3, 0.4) is 0 Å². The molecule has 1 aliphatic rings. The third kappa shape index (κ3) is 3.37. The summed E-state index contributed by atoms with van der Waals surface area (Å²) in [5.41, 5.74) is 2.18. The molecule has 0 bridgehead atoms. The summed E-state index contributed by atoms with van der Waals surface area (Å²) in [5, 5.41) is 14.0. The van der Waals surface area contributed by atoms with Gasteiger partial charge in [0, 0.05) is 48.4 Å². The van der Waals surface area contributed by atoms with Crippen molar-refractivity contribution in [3.05, 3.63) is 54.2 Å². The van der Waals surface area contributed by atoms with E-state index < -0.39 is 0 Å². The highest BCUT2D eigenvalue weighted by atomic mass is 16.3. The number of aromatic nitrogens is 3. The molecule has 3 aromatic rings. The Morgan fingerprint density at radius 2 is 2.27 bits per heavy atom. The molecule has 3 N–H and O–H groups in total. The van der Waals surface area contributed by atoms with Crippen molar-refractivity contribution >= 4 is 16.8 Å². The van der Waals surface area contributed by atoms with Crippen molar-refractivity contribution in [2.24, 2.45) is 5.92 Å². The van der Waals surface area contributed by atoms with Crippen molar-refractivity contribution in [2.45, 2.75) is 38.3 Å². The minimum absolute atomic E-state index is 0.0336. The number of fused-ring (bicyclic) bond motifs is 2. The maximum atomic E-state index is 12.7. The van der Waals surface area contributed by atoms with Crippen LogP contribution in [0.5, 0.6) is 0 Å². The molecule has 1 aliphatic heterocycles. The molecule has 0 aliphatic carbocycles. The average Bonchev–Trinajstić information content (AvgIpc) is 3.23. The number of para-hydroxylation sites is 1. The largest absolute Gasteiger partial charge is 0.394 e. The maximum absolute atomic E-state index is 12.7. The molecule has 0 saturated heterocycles. The van der Waals surface area contributed by atoms with Gasteiger partial charge < -0.3 is 20.0 Å². The molecule has 26 heavy (non-hydrogen) atoms. The first-order valence-electron chi connectivity index (χ1n) is 9.21. The second-order valence-corrected chi connectivity index (χ2v) is 7.01. The molecule has 2 unspecified atom stereocenters. The van der Waals surface area contributed by atoms with Crippen LogP contribution < -0.4 is 5.32 Å². The second kappa shape index (κ2) is 7.33. The lowest BCUT2D eigenvalue weighted by Gasteiger charge is -2.20. The van der Waals surface area contributed by atoms with Gasteiger partial charge in [-0.2, -0.15) is 0 Å². The van der Waals surface area contributed by atoms with Crippen molar-refractivity contribution in [1.82, 2.24) is 19.9 Å². The van der Waals surface area contributed by atoms with Crippen molar-refractivity contribution in [3.63, 3.8) is 0 Å². The zero-order valence-corrected chi connectivity index (χ0v) is 14.7. The summed E-state index contributed by atoms with van der Waals surface area (Å²) in [6.45, 7) is 0.749. The van der Waals surface area contributed by atoms with Gasteiger partial charge in [-0.05, 0) is 30.9 Å². The number of benzene rings is 1. The number of imidazole rings is 1. The molecule has 136 valence electrons. The molecule has 0 fully saturated rings. The van der Waals surface area contributed by atoms with Crippen LogP contribution in [-0.2, 0) is 24.2 Å². The smallest absolute Gasteiger partial charge is 0.223 e. The number of nitrogens with one attached hydrogen (secondary N) is 2.